The molecule has 0 saturated carbocycles. The smallest absolute Gasteiger partial charge is 0.227 e. The number of nitrogens with zero attached hydrogens (tertiary/aromatic N) is 2. The third-order valence-electron chi connectivity index (χ3n) is 7.64. The molecule has 2 aliphatic heterocycles. The zero-order chi connectivity index (χ0) is 25.1. The summed E-state index contributed by atoms with van der Waals surface area (Å²) in [7, 11) is 3.24. The number of hydrogen-bond acceptors (Lipinski definition) is 6. The highest BCUT2D eigenvalue weighted by atomic mass is 16.5. The Hall–Kier alpha value is -3.10. The average molecular weight is 494 g/mol. The Bertz CT molecular complexity index is 1110. The third kappa shape index (κ3) is 5.06. The van der Waals surface area contributed by atoms with Gasteiger partial charge in [-0.1, -0.05) is 12.1 Å². The lowest BCUT2D eigenvalue weighted by molar-refractivity contribution is -0.126. The Morgan fingerprint density at radius 1 is 1.06 bits per heavy atom. The van der Waals surface area contributed by atoms with Crippen LogP contribution >= 0.6 is 0 Å². The molecule has 3 aliphatic rings. The van der Waals surface area contributed by atoms with E-state index in [9.17, 15) is 9.59 Å². The van der Waals surface area contributed by atoms with E-state index in [1.165, 1.54) is 17.5 Å². The van der Waals surface area contributed by atoms with E-state index in [1.807, 2.05) is 24.3 Å². The highest BCUT2D eigenvalue weighted by molar-refractivity contribution is 6.00. The van der Waals surface area contributed by atoms with Crippen molar-refractivity contribution in [2.24, 2.45) is 5.92 Å². The number of morpholine rings is 1. The molecular formula is C28H35N3O5. The van der Waals surface area contributed by atoms with Crippen molar-refractivity contribution in [3.05, 3.63) is 53.1 Å². The lowest BCUT2D eigenvalue weighted by Gasteiger charge is -2.35. The molecule has 1 aliphatic carbocycles. The van der Waals surface area contributed by atoms with Gasteiger partial charge in [-0.2, -0.15) is 0 Å². The fraction of sp³-hybridized carbons (Fsp3) is 0.500. The Kier molecular flexibility index (Phi) is 7.43. The molecule has 0 radical (unpaired) electrons. The molecule has 192 valence electrons. The molecule has 2 aromatic carbocycles. The predicted molar refractivity (Wildman–Crippen MR) is 137 cm³/mol. The van der Waals surface area contributed by atoms with E-state index >= 15 is 0 Å². The SMILES string of the molecule is COc1ccc(C(CNC(=O)C2CC(=O)N(c3ccc4c(c3)CCC4)C2)N2CCOCC2)cc1OC. The van der Waals surface area contributed by atoms with Crippen molar-refractivity contribution < 1.29 is 23.8 Å². The molecule has 2 atom stereocenters. The van der Waals surface area contributed by atoms with Crippen molar-refractivity contribution in [2.45, 2.75) is 31.7 Å². The second kappa shape index (κ2) is 10.9. The van der Waals surface area contributed by atoms with Crippen molar-refractivity contribution in [2.75, 3.05) is 58.5 Å². The van der Waals surface area contributed by atoms with Crippen LogP contribution in [0.1, 0.15) is 35.6 Å². The Labute approximate surface area is 212 Å². The first kappa shape index (κ1) is 24.6. The number of benzene rings is 2. The fourth-order valence-electron chi connectivity index (χ4n) is 5.61. The van der Waals surface area contributed by atoms with Crippen LogP contribution in [0, 0.1) is 5.92 Å². The summed E-state index contributed by atoms with van der Waals surface area (Å²) in [5.74, 6) is 0.901. The van der Waals surface area contributed by atoms with Crippen LogP contribution in [0.2, 0.25) is 0 Å². The van der Waals surface area contributed by atoms with Crippen LogP contribution in [-0.2, 0) is 27.2 Å². The molecule has 8 heteroatoms. The van der Waals surface area contributed by atoms with Crippen molar-refractivity contribution in [3.63, 3.8) is 0 Å². The number of rotatable bonds is 8. The number of ether oxygens (including phenoxy) is 3. The van der Waals surface area contributed by atoms with E-state index < -0.39 is 0 Å². The first-order chi connectivity index (χ1) is 17.6. The van der Waals surface area contributed by atoms with Crippen molar-refractivity contribution in [1.29, 1.82) is 0 Å². The van der Waals surface area contributed by atoms with Gasteiger partial charge < -0.3 is 24.4 Å². The number of methoxy groups -OCH3 is 2. The van der Waals surface area contributed by atoms with Crippen LogP contribution < -0.4 is 19.7 Å². The second-order valence-corrected chi connectivity index (χ2v) is 9.74. The minimum atomic E-state index is -0.360. The summed E-state index contributed by atoms with van der Waals surface area (Å²) >= 11 is 0. The lowest BCUT2D eigenvalue weighted by Crippen LogP contribution is -2.45. The zero-order valence-corrected chi connectivity index (χ0v) is 21.1. The molecule has 8 nitrogen and oxygen atoms in total. The van der Waals surface area contributed by atoms with Crippen LogP contribution in [0.25, 0.3) is 0 Å². The number of anilines is 1. The van der Waals surface area contributed by atoms with E-state index in [0.717, 1.165) is 37.2 Å². The maximum Gasteiger partial charge on any atom is 0.227 e. The summed E-state index contributed by atoms with van der Waals surface area (Å²) in [6.45, 7) is 3.74. The van der Waals surface area contributed by atoms with Crippen LogP contribution in [0.5, 0.6) is 11.5 Å². The summed E-state index contributed by atoms with van der Waals surface area (Å²) in [6.07, 6.45) is 3.58. The van der Waals surface area contributed by atoms with Gasteiger partial charge >= 0.3 is 0 Å². The van der Waals surface area contributed by atoms with Gasteiger partial charge in [-0.25, -0.2) is 0 Å². The van der Waals surface area contributed by atoms with Gasteiger partial charge in [0, 0.05) is 38.3 Å². The second-order valence-electron chi connectivity index (χ2n) is 9.74. The number of nitrogens with one attached hydrogen (secondary N) is 1. The first-order valence-electron chi connectivity index (χ1n) is 12.8. The number of aryl methyl sites for hydroxylation is 2. The van der Waals surface area contributed by atoms with Crippen molar-refractivity contribution in [3.8, 4) is 11.5 Å². The molecule has 2 heterocycles. The van der Waals surface area contributed by atoms with Gasteiger partial charge in [-0.15, -0.1) is 0 Å². The minimum absolute atomic E-state index is 0.0118. The maximum atomic E-state index is 13.2. The van der Waals surface area contributed by atoms with Gasteiger partial charge in [0.25, 0.3) is 0 Å². The topological polar surface area (TPSA) is 80.3 Å². The molecule has 2 amide bonds. The molecule has 36 heavy (non-hydrogen) atoms. The standard InChI is InChI=1S/C28H35N3O5/c1-34-25-9-7-21(15-26(25)35-2)24(30-10-12-36-13-11-30)17-29-28(33)22-16-27(32)31(18-22)23-8-6-19-4-3-5-20(19)14-23/h6-9,14-15,22,24H,3-5,10-13,16-18H2,1-2H3,(H,29,33). The molecule has 2 fully saturated rings. The largest absolute Gasteiger partial charge is 0.493 e. The summed E-state index contributed by atoms with van der Waals surface area (Å²) in [4.78, 5) is 30.1. The van der Waals surface area contributed by atoms with Crippen LogP contribution in [0.4, 0.5) is 5.69 Å². The monoisotopic (exact) mass is 493 g/mol. The number of carbonyl (C=O) groups is 2. The number of hydrogen-bond donors (Lipinski definition) is 1. The quantitative estimate of drug-likeness (QED) is 0.609. The molecule has 0 spiro atoms. The molecule has 2 unspecified atom stereocenters. The summed E-state index contributed by atoms with van der Waals surface area (Å²) in [5, 5.41) is 3.15. The lowest BCUT2D eigenvalue weighted by atomic mass is 10.0. The molecule has 2 aromatic rings. The average Bonchev–Trinajstić information content (AvgIpc) is 3.55. The van der Waals surface area contributed by atoms with Crippen molar-refractivity contribution >= 4 is 17.5 Å². The Morgan fingerprint density at radius 3 is 2.61 bits per heavy atom. The van der Waals surface area contributed by atoms with Gasteiger partial charge in [0.15, 0.2) is 11.5 Å². The molecule has 0 aromatic heterocycles. The molecule has 1 N–H and O–H groups in total. The van der Waals surface area contributed by atoms with Gasteiger partial charge in [0.05, 0.1) is 39.4 Å². The summed E-state index contributed by atoms with van der Waals surface area (Å²) in [6, 6.07) is 12.1. The van der Waals surface area contributed by atoms with E-state index in [2.05, 4.69) is 22.3 Å². The zero-order valence-electron chi connectivity index (χ0n) is 21.1. The summed E-state index contributed by atoms with van der Waals surface area (Å²) < 4.78 is 16.5. The highest BCUT2D eigenvalue weighted by Gasteiger charge is 2.36. The minimum Gasteiger partial charge on any atom is -0.493 e. The predicted octanol–water partition coefficient (Wildman–Crippen LogP) is 2.74. The van der Waals surface area contributed by atoms with E-state index in [0.29, 0.717) is 37.8 Å². The molecule has 2 saturated heterocycles. The van der Waals surface area contributed by atoms with Crippen LogP contribution in [-0.4, -0.2) is 70.3 Å². The van der Waals surface area contributed by atoms with Gasteiger partial charge in [-0.3, -0.25) is 14.5 Å². The molecular weight excluding hydrogens is 458 g/mol. The number of carbonyl (C=O) groups excluding carboxylic acids is 2. The van der Waals surface area contributed by atoms with E-state index in [-0.39, 0.29) is 30.2 Å². The fourth-order valence-corrected chi connectivity index (χ4v) is 5.61. The van der Waals surface area contributed by atoms with E-state index in [4.69, 9.17) is 14.2 Å². The highest BCUT2D eigenvalue weighted by Crippen LogP contribution is 2.33. The third-order valence-corrected chi connectivity index (χ3v) is 7.64. The Morgan fingerprint density at radius 2 is 1.83 bits per heavy atom. The summed E-state index contributed by atoms with van der Waals surface area (Å²) in [5.41, 5.74) is 4.66. The van der Waals surface area contributed by atoms with Crippen molar-refractivity contribution in [1.82, 2.24) is 10.2 Å². The van der Waals surface area contributed by atoms with Crippen LogP contribution in [0.3, 0.4) is 0 Å². The molecule has 5 rings (SSSR count). The molecule has 0 bridgehead atoms. The van der Waals surface area contributed by atoms with Crippen LogP contribution in [0.15, 0.2) is 36.4 Å². The van der Waals surface area contributed by atoms with Gasteiger partial charge in [0.1, 0.15) is 0 Å². The van der Waals surface area contributed by atoms with E-state index in [1.54, 1.807) is 19.1 Å². The Balaban J connectivity index is 1.27. The maximum absolute atomic E-state index is 13.2. The first-order valence-corrected chi connectivity index (χ1v) is 12.8. The number of fused-ring (bicyclic) bond motifs is 1. The normalized spacial score (nSPS) is 20.8. The number of amides is 2. The van der Waals surface area contributed by atoms with Gasteiger partial charge in [-0.05, 0) is 60.2 Å². The van der Waals surface area contributed by atoms with Gasteiger partial charge in [0.2, 0.25) is 11.8 Å².